The summed E-state index contributed by atoms with van der Waals surface area (Å²) in [7, 11) is 0. The lowest BCUT2D eigenvalue weighted by Crippen LogP contribution is -2.27. The van der Waals surface area contributed by atoms with Crippen molar-refractivity contribution >= 4 is 5.95 Å². The number of rotatable bonds is 1. The molecule has 4 heteroatoms. The molecular weight excluding hydrogens is 178 g/mol. The number of nitrogens with zero attached hydrogens (tertiary/aromatic N) is 2. The van der Waals surface area contributed by atoms with Gasteiger partial charge in [0.25, 0.3) is 5.56 Å². The summed E-state index contributed by atoms with van der Waals surface area (Å²) in [6.45, 7) is 2.01. The van der Waals surface area contributed by atoms with E-state index in [1.807, 2.05) is 0 Å². The van der Waals surface area contributed by atoms with Gasteiger partial charge in [0.15, 0.2) is 0 Å². The highest BCUT2D eigenvalue weighted by atomic mass is 16.1. The number of anilines is 1. The van der Waals surface area contributed by atoms with Crippen molar-refractivity contribution in [3.63, 3.8) is 0 Å². The molecule has 1 fully saturated rings. The standard InChI is InChI=1S/C10H15N3O/c14-9-5-6-11-10(12-9)13-7-3-1-2-4-8-13/h5-6H,1-4,7-8H2,(H,11,12,14). The van der Waals surface area contributed by atoms with E-state index in [9.17, 15) is 4.79 Å². The lowest BCUT2D eigenvalue weighted by atomic mass is 10.2. The minimum absolute atomic E-state index is 0.0701. The quantitative estimate of drug-likeness (QED) is 0.727. The Labute approximate surface area is 83.0 Å². The van der Waals surface area contributed by atoms with Crippen LogP contribution in [0.5, 0.6) is 0 Å². The summed E-state index contributed by atoms with van der Waals surface area (Å²) >= 11 is 0. The molecule has 2 rings (SSSR count). The molecule has 0 bridgehead atoms. The largest absolute Gasteiger partial charge is 0.342 e. The van der Waals surface area contributed by atoms with Gasteiger partial charge in [-0.2, -0.15) is 0 Å². The third-order valence-electron chi connectivity index (χ3n) is 2.56. The third-order valence-corrected chi connectivity index (χ3v) is 2.56. The van der Waals surface area contributed by atoms with Gasteiger partial charge >= 0.3 is 0 Å². The minimum atomic E-state index is -0.0701. The Morgan fingerprint density at radius 1 is 1.21 bits per heavy atom. The van der Waals surface area contributed by atoms with Crippen LogP contribution in [-0.4, -0.2) is 23.1 Å². The van der Waals surface area contributed by atoms with Crippen molar-refractivity contribution in [2.24, 2.45) is 0 Å². The lowest BCUT2D eigenvalue weighted by molar-refractivity contribution is 0.726. The number of aromatic nitrogens is 2. The molecule has 1 aliphatic heterocycles. The van der Waals surface area contributed by atoms with E-state index in [2.05, 4.69) is 14.9 Å². The second-order valence-electron chi connectivity index (χ2n) is 3.66. The van der Waals surface area contributed by atoms with Crippen LogP contribution in [0.25, 0.3) is 0 Å². The molecule has 0 aliphatic carbocycles. The Morgan fingerprint density at radius 2 is 1.93 bits per heavy atom. The zero-order chi connectivity index (χ0) is 9.80. The van der Waals surface area contributed by atoms with E-state index in [0.717, 1.165) is 19.0 Å². The Balaban J connectivity index is 2.16. The molecule has 76 valence electrons. The van der Waals surface area contributed by atoms with Crippen LogP contribution in [0.4, 0.5) is 5.95 Å². The van der Waals surface area contributed by atoms with E-state index in [1.54, 1.807) is 6.20 Å². The summed E-state index contributed by atoms with van der Waals surface area (Å²) in [5, 5.41) is 0. The summed E-state index contributed by atoms with van der Waals surface area (Å²) in [6.07, 6.45) is 6.53. The Morgan fingerprint density at radius 3 is 2.57 bits per heavy atom. The van der Waals surface area contributed by atoms with Crippen molar-refractivity contribution < 1.29 is 0 Å². The van der Waals surface area contributed by atoms with Gasteiger partial charge in [0.2, 0.25) is 5.95 Å². The molecule has 4 nitrogen and oxygen atoms in total. The molecule has 0 atom stereocenters. The molecular formula is C10H15N3O. The predicted octanol–water partition coefficient (Wildman–Crippen LogP) is 1.15. The van der Waals surface area contributed by atoms with E-state index in [4.69, 9.17) is 0 Å². The van der Waals surface area contributed by atoms with Gasteiger partial charge in [0.1, 0.15) is 0 Å². The molecule has 0 saturated carbocycles. The van der Waals surface area contributed by atoms with E-state index in [-0.39, 0.29) is 5.56 Å². The first kappa shape index (κ1) is 9.24. The van der Waals surface area contributed by atoms with Crippen molar-refractivity contribution in [3.8, 4) is 0 Å². The molecule has 0 radical (unpaired) electrons. The van der Waals surface area contributed by atoms with Crippen molar-refractivity contribution in [2.45, 2.75) is 25.7 Å². The fourth-order valence-corrected chi connectivity index (χ4v) is 1.80. The molecule has 1 saturated heterocycles. The Bertz CT molecular complexity index is 339. The Hall–Kier alpha value is -1.32. The molecule has 1 aliphatic rings. The van der Waals surface area contributed by atoms with Crippen molar-refractivity contribution in [1.29, 1.82) is 0 Å². The van der Waals surface area contributed by atoms with Gasteiger partial charge in [-0.3, -0.25) is 9.78 Å². The van der Waals surface area contributed by atoms with Gasteiger partial charge in [0, 0.05) is 25.4 Å². The number of nitrogens with one attached hydrogen (secondary N) is 1. The van der Waals surface area contributed by atoms with E-state index >= 15 is 0 Å². The fraction of sp³-hybridized carbons (Fsp3) is 0.600. The maximum absolute atomic E-state index is 11.1. The van der Waals surface area contributed by atoms with Crippen LogP contribution in [0.3, 0.4) is 0 Å². The van der Waals surface area contributed by atoms with Crippen LogP contribution in [0.1, 0.15) is 25.7 Å². The van der Waals surface area contributed by atoms with Crippen LogP contribution in [0, 0.1) is 0 Å². The van der Waals surface area contributed by atoms with Gasteiger partial charge < -0.3 is 4.90 Å². The summed E-state index contributed by atoms with van der Waals surface area (Å²) in [5.41, 5.74) is -0.0701. The molecule has 1 aromatic heterocycles. The molecule has 0 spiro atoms. The molecule has 0 unspecified atom stereocenters. The number of hydrogen-bond acceptors (Lipinski definition) is 3. The van der Waals surface area contributed by atoms with Gasteiger partial charge in [-0.05, 0) is 12.8 Å². The summed E-state index contributed by atoms with van der Waals surface area (Å²) in [4.78, 5) is 20.2. The summed E-state index contributed by atoms with van der Waals surface area (Å²) in [5.74, 6) is 0.722. The monoisotopic (exact) mass is 193 g/mol. The van der Waals surface area contributed by atoms with Gasteiger partial charge in [-0.1, -0.05) is 12.8 Å². The summed E-state index contributed by atoms with van der Waals surface area (Å²) in [6, 6.07) is 1.45. The van der Waals surface area contributed by atoms with Gasteiger partial charge in [-0.25, -0.2) is 4.98 Å². The third kappa shape index (κ3) is 2.13. The van der Waals surface area contributed by atoms with E-state index in [0.29, 0.717) is 0 Å². The number of aromatic amines is 1. The molecule has 1 aromatic rings. The highest BCUT2D eigenvalue weighted by Gasteiger charge is 2.10. The Kier molecular flexibility index (Phi) is 2.81. The average Bonchev–Trinajstić information content (AvgIpc) is 2.45. The van der Waals surface area contributed by atoms with E-state index < -0.39 is 0 Å². The van der Waals surface area contributed by atoms with Crippen LogP contribution in [-0.2, 0) is 0 Å². The highest BCUT2D eigenvalue weighted by molar-refractivity contribution is 5.28. The second-order valence-corrected chi connectivity index (χ2v) is 3.66. The molecule has 1 N–H and O–H groups in total. The highest BCUT2D eigenvalue weighted by Crippen LogP contribution is 2.13. The summed E-state index contributed by atoms with van der Waals surface area (Å²) < 4.78 is 0. The van der Waals surface area contributed by atoms with Gasteiger partial charge in [-0.15, -0.1) is 0 Å². The average molecular weight is 193 g/mol. The minimum Gasteiger partial charge on any atom is -0.342 e. The first-order chi connectivity index (χ1) is 6.86. The molecule has 14 heavy (non-hydrogen) atoms. The van der Waals surface area contributed by atoms with Crippen LogP contribution in [0.15, 0.2) is 17.1 Å². The van der Waals surface area contributed by atoms with Crippen molar-refractivity contribution in [2.75, 3.05) is 18.0 Å². The molecule has 2 heterocycles. The van der Waals surface area contributed by atoms with Crippen molar-refractivity contribution in [1.82, 2.24) is 9.97 Å². The number of hydrogen-bond donors (Lipinski definition) is 1. The first-order valence-electron chi connectivity index (χ1n) is 5.16. The van der Waals surface area contributed by atoms with Crippen LogP contribution in [0.2, 0.25) is 0 Å². The zero-order valence-electron chi connectivity index (χ0n) is 8.20. The maximum atomic E-state index is 11.1. The predicted molar refractivity (Wildman–Crippen MR) is 55.5 cm³/mol. The fourth-order valence-electron chi connectivity index (χ4n) is 1.80. The van der Waals surface area contributed by atoms with Crippen molar-refractivity contribution in [3.05, 3.63) is 22.6 Å². The maximum Gasteiger partial charge on any atom is 0.252 e. The SMILES string of the molecule is O=c1ccnc(N2CCCCCC2)[nH]1. The smallest absolute Gasteiger partial charge is 0.252 e. The van der Waals surface area contributed by atoms with Gasteiger partial charge in [0.05, 0.1) is 0 Å². The lowest BCUT2D eigenvalue weighted by Gasteiger charge is -2.19. The number of H-pyrrole nitrogens is 1. The second kappa shape index (κ2) is 4.26. The zero-order valence-corrected chi connectivity index (χ0v) is 8.20. The first-order valence-corrected chi connectivity index (χ1v) is 5.16. The van der Waals surface area contributed by atoms with E-state index in [1.165, 1.54) is 31.7 Å². The normalized spacial score (nSPS) is 17.9. The molecule has 0 amide bonds. The molecule has 0 aromatic carbocycles. The van der Waals surface area contributed by atoms with Crippen LogP contribution < -0.4 is 10.5 Å². The topological polar surface area (TPSA) is 49.0 Å². The van der Waals surface area contributed by atoms with Crippen LogP contribution >= 0.6 is 0 Å².